The molecule has 0 bridgehead atoms. The molecule has 4 nitrogen and oxygen atoms in total. The van der Waals surface area contributed by atoms with Gasteiger partial charge in [0.05, 0.1) is 11.3 Å². The van der Waals surface area contributed by atoms with Gasteiger partial charge in [0.25, 0.3) is 0 Å². The predicted molar refractivity (Wildman–Crippen MR) is 72.7 cm³/mol. The first-order valence-corrected chi connectivity index (χ1v) is 6.82. The van der Waals surface area contributed by atoms with Crippen molar-refractivity contribution >= 4 is 11.6 Å². The predicted octanol–water partition coefficient (Wildman–Crippen LogP) is 1.62. The van der Waals surface area contributed by atoms with Crippen LogP contribution in [-0.4, -0.2) is 37.0 Å². The second-order valence-corrected chi connectivity index (χ2v) is 5.22. The maximum absolute atomic E-state index is 12.0. The molecule has 1 aliphatic carbocycles. The van der Waals surface area contributed by atoms with Crippen molar-refractivity contribution in [3.05, 3.63) is 29.8 Å². The van der Waals surface area contributed by atoms with Gasteiger partial charge in [-0.05, 0) is 25.0 Å². The van der Waals surface area contributed by atoms with Gasteiger partial charge in [-0.15, -0.1) is 0 Å². The SMILES string of the molecule is N#Cc1ccccc1N1CCN(C(=O)C2CC2)CC1. The van der Waals surface area contributed by atoms with Gasteiger partial charge in [0.2, 0.25) is 5.91 Å². The summed E-state index contributed by atoms with van der Waals surface area (Å²) in [4.78, 5) is 16.2. The normalized spacial score (nSPS) is 19.1. The van der Waals surface area contributed by atoms with Crippen molar-refractivity contribution in [2.75, 3.05) is 31.1 Å². The Hall–Kier alpha value is -2.02. The monoisotopic (exact) mass is 255 g/mol. The molecule has 4 heteroatoms. The Morgan fingerprint density at radius 3 is 2.47 bits per heavy atom. The highest BCUT2D eigenvalue weighted by atomic mass is 16.2. The van der Waals surface area contributed by atoms with Crippen molar-refractivity contribution in [2.24, 2.45) is 5.92 Å². The summed E-state index contributed by atoms with van der Waals surface area (Å²) in [6, 6.07) is 9.90. The van der Waals surface area contributed by atoms with Crippen molar-refractivity contribution in [1.29, 1.82) is 5.26 Å². The average molecular weight is 255 g/mol. The number of nitrogens with zero attached hydrogens (tertiary/aromatic N) is 3. The van der Waals surface area contributed by atoms with E-state index >= 15 is 0 Å². The molecule has 1 amide bonds. The van der Waals surface area contributed by atoms with E-state index in [1.807, 2.05) is 29.2 Å². The minimum absolute atomic E-state index is 0.304. The molecular formula is C15H17N3O. The first-order valence-electron chi connectivity index (χ1n) is 6.82. The fourth-order valence-electron chi connectivity index (χ4n) is 2.60. The van der Waals surface area contributed by atoms with Crippen LogP contribution in [0.4, 0.5) is 5.69 Å². The lowest BCUT2D eigenvalue weighted by Crippen LogP contribution is -2.49. The summed E-state index contributed by atoms with van der Waals surface area (Å²) in [5, 5.41) is 9.13. The number of benzene rings is 1. The highest BCUT2D eigenvalue weighted by molar-refractivity contribution is 5.81. The van der Waals surface area contributed by atoms with Crippen LogP contribution >= 0.6 is 0 Å². The maximum atomic E-state index is 12.0. The van der Waals surface area contributed by atoms with Gasteiger partial charge in [0, 0.05) is 32.1 Å². The van der Waals surface area contributed by atoms with Crippen LogP contribution in [0.1, 0.15) is 18.4 Å². The number of amides is 1. The second kappa shape index (κ2) is 4.93. The number of hydrogen-bond acceptors (Lipinski definition) is 3. The zero-order chi connectivity index (χ0) is 13.2. The van der Waals surface area contributed by atoms with Gasteiger partial charge in [-0.25, -0.2) is 0 Å². The number of hydrogen-bond donors (Lipinski definition) is 0. The van der Waals surface area contributed by atoms with E-state index in [1.54, 1.807) is 0 Å². The summed E-state index contributed by atoms with van der Waals surface area (Å²) < 4.78 is 0. The van der Waals surface area contributed by atoms with Crippen molar-refractivity contribution in [2.45, 2.75) is 12.8 Å². The summed E-state index contributed by atoms with van der Waals surface area (Å²) in [7, 11) is 0. The molecule has 0 aromatic heterocycles. The van der Waals surface area contributed by atoms with E-state index in [0.717, 1.165) is 44.7 Å². The lowest BCUT2D eigenvalue weighted by Gasteiger charge is -2.36. The van der Waals surface area contributed by atoms with Crippen LogP contribution in [0.3, 0.4) is 0 Å². The van der Waals surface area contributed by atoms with E-state index < -0.39 is 0 Å². The molecular weight excluding hydrogens is 238 g/mol. The molecule has 2 aliphatic rings. The highest BCUT2D eigenvalue weighted by Crippen LogP contribution is 2.31. The molecule has 0 atom stereocenters. The van der Waals surface area contributed by atoms with Crippen LogP contribution in [0.5, 0.6) is 0 Å². The van der Waals surface area contributed by atoms with Gasteiger partial charge in [-0.1, -0.05) is 12.1 Å². The fourth-order valence-corrected chi connectivity index (χ4v) is 2.60. The van der Waals surface area contributed by atoms with Gasteiger partial charge in [0.15, 0.2) is 0 Å². The molecule has 1 aromatic rings. The summed E-state index contributed by atoms with van der Waals surface area (Å²) in [5.74, 6) is 0.631. The molecule has 3 rings (SSSR count). The Kier molecular flexibility index (Phi) is 3.12. The number of carbonyl (C=O) groups excluding carboxylic acids is 1. The van der Waals surface area contributed by atoms with Crippen LogP contribution < -0.4 is 4.90 Å². The van der Waals surface area contributed by atoms with Crippen LogP contribution in [0.2, 0.25) is 0 Å². The zero-order valence-electron chi connectivity index (χ0n) is 10.9. The molecule has 19 heavy (non-hydrogen) atoms. The van der Waals surface area contributed by atoms with Crippen LogP contribution in [0.25, 0.3) is 0 Å². The third kappa shape index (κ3) is 2.41. The Balaban J connectivity index is 1.66. The third-order valence-corrected chi connectivity index (χ3v) is 3.88. The summed E-state index contributed by atoms with van der Waals surface area (Å²) >= 11 is 0. The number of rotatable bonds is 2. The molecule has 0 unspecified atom stereocenters. The Bertz CT molecular complexity index is 522. The minimum atomic E-state index is 0.304. The molecule has 0 N–H and O–H groups in total. The first kappa shape index (κ1) is 12.0. The van der Waals surface area contributed by atoms with Crippen LogP contribution in [0.15, 0.2) is 24.3 Å². The van der Waals surface area contributed by atoms with E-state index in [4.69, 9.17) is 5.26 Å². The molecule has 1 aliphatic heterocycles. The topological polar surface area (TPSA) is 47.3 Å². The number of piperazine rings is 1. The molecule has 2 fully saturated rings. The number of nitriles is 1. The molecule has 98 valence electrons. The van der Waals surface area contributed by atoms with E-state index in [9.17, 15) is 4.79 Å². The van der Waals surface area contributed by atoms with Crippen molar-refractivity contribution in [3.8, 4) is 6.07 Å². The van der Waals surface area contributed by atoms with Gasteiger partial charge in [0.1, 0.15) is 6.07 Å². The van der Waals surface area contributed by atoms with Crippen molar-refractivity contribution in [1.82, 2.24) is 4.90 Å². The van der Waals surface area contributed by atoms with E-state index in [2.05, 4.69) is 11.0 Å². The Morgan fingerprint density at radius 2 is 1.84 bits per heavy atom. The number of anilines is 1. The van der Waals surface area contributed by atoms with Gasteiger partial charge >= 0.3 is 0 Å². The summed E-state index contributed by atoms with van der Waals surface area (Å²) in [6.45, 7) is 3.18. The fraction of sp³-hybridized carbons (Fsp3) is 0.467. The van der Waals surface area contributed by atoms with Crippen LogP contribution in [-0.2, 0) is 4.79 Å². The largest absolute Gasteiger partial charge is 0.367 e. The number of carbonyl (C=O) groups is 1. The highest BCUT2D eigenvalue weighted by Gasteiger charge is 2.34. The van der Waals surface area contributed by atoms with Gasteiger partial charge in [-0.3, -0.25) is 4.79 Å². The first-order chi connectivity index (χ1) is 9.29. The Morgan fingerprint density at radius 1 is 1.16 bits per heavy atom. The number of para-hydroxylation sites is 1. The molecule has 0 spiro atoms. The summed E-state index contributed by atoms with van der Waals surface area (Å²) in [6.07, 6.45) is 2.13. The lowest BCUT2D eigenvalue weighted by atomic mass is 10.1. The minimum Gasteiger partial charge on any atom is -0.367 e. The quantitative estimate of drug-likeness (QED) is 0.806. The molecule has 1 saturated carbocycles. The van der Waals surface area contributed by atoms with E-state index in [0.29, 0.717) is 17.4 Å². The molecule has 1 saturated heterocycles. The van der Waals surface area contributed by atoms with Crippen molar-refractivity contribution < 1.29 is 4.79 Å². The van der Waals surface area contributed by atoms with Gasteiger partial charge in [-0.2, -0.15) is 5.26 Å². The Labute approximate surface area is 113 Å². The second-order valence-electron chi connectivity index (χ2n) is 5.22. The van der Waals surface area contributed by atoms with Gasteiger partial charge < -0.3 is 9.80 Å². The standard InChI is InChI=1S/C15H17N3O/c16-11-13-3-1-2-4-14(13)17-7-9-18(10-8-17)15(19)12-5-6-12/h1-4,12H,5-10H2. The molecule has 0 radical (unpaired) electrons. The summed E-state index contributed by atoms with van der Waals surface area (Å²) in [5.41, 5.74) is 1.70. The van der Waals surface area contributed by atoms with E-state index in [-0.39, 0.29) is 0 Å². The molecule has 1 heterocycles. The van der Waals surface area contributed by atoms with E-state index in [1.165, 1.54) is 0 Å². The zero-order valence-corrected chi connectivity index (χ0v) is 10.9. The smallest absolute Gasteiger partial charge is 0.225 e. The maximum Gasteiger partial charge on any atom is 0.225 e. The average Bonchev–Trinajstić information content (AvgIpc) is 3.31. The molecule has 1 aromatic carbocycles. The van der Waals surface area contributed by atoms with Crippen molar-refractivity contribution in [3.63, 3.8) is 0 Å². The third-order valence-electron chi connectivity index (χ3n) is 3.88. The van der Waals surface area contributed by atoms with Crippen LogP contribution in [0, 0.1) is 17.2 Å². The lowest BCUT2D eigenvalue weighted by molar-refractivity contribution is -0.132.